The molecule has 0 aliphatic heterocycles. The molecule has 0 unspecified atom stereocenters. The highest BCUT2D eigenvalue weighted by Crippen LogP contribution is 2.07. The molecule has 0 fully saturated rings. The van der Waals surface area contributed by atoms with Crippen LogP contribution in [0.1, 0.15) is 18.9 Å². The Hall–Kier alpha value is -1.68. The number of carbonyl (C=O) groups is 2. The van der Waals surface area contributed by atoms with E-state index >= 15 is 0 Å². The fourth-order valence-corrected chi connectivity index (χ4v) is 1.38. The summed E-state index contributed by atoms with van der Waals surface area (Å²) in [5.74, 6) is -1.49. The Balaban J connectivity index is 2.53. The van der Waals surface area contributed by atoms with Gasteiger partial charge in [0.1, 0.15) is 6.10 Å². The van der Waals surface area contributed by atoms with Crippen LogP contribution in [0, 0.1) is 0 Å². The molecule has 0 amide bonds. The molecule has 4 heteroatoms. The van der Waals surface area contributed by atoms with Gasteiger partial charge in [0.25, 0.3) is 5.78 Å². The van der Waals surface area contributed by atoms with E-state index in [0.29, 0.717) is 13.0 Å². The van der Waals surface area contributed by atoms with Crippen molar-refractivity contribution in [1.82, 2.24) is 0 Å². The summed E-state index contributed by atoms with van der Waals surface area (Å²) in [5, 5.41) is 0. The number of rotatable bonds is 6. The molecule has 17 heavy (non-hydrogen) atoms. The van der Waals surface area contributed by atoms with Crippen LogP contribution in [-0.2, 0) is 25.7 Å². The molecule has 0 aromatic heterocycles. The second kappa shape index (κ2) is 6.81. The van der Waals surface area contributed by atoms with Gasteiger partial charge in [0.05, 0.1) is 13.7 Å². The van der Waals surface area contributed by atoms with E-state index < -0.39 is 17.9 Å². The number of ketones is 1. The van der Waals surface area contributed by atoms with E-state index in [1.807, 2.05) is 30.3 Å². The Kier molecular flexibility index (Phi) is 5.36. The lowest BCUT2D eigenvalue weighted by Gasteiger charge is -2.13. The predicted molar refractivity (Wildman–Crippen MR) is 62.3 cm³/mol. The minimum atomic E-state index is -0.857. The largest absolute Gasteiger partial charge is 0.463 e. The van der Waals surface area contributed by atoms with Gasteiger partial charge in [-0.3, -0.25) is 4.79 Å². The Morgan fingerprint density at radius 3 is 2.41 bits per heavy atom. The molecule has 4 nitrogen and oxygen atoms in total. The number of esters is 1. The number of Topliss-reactive ketones (excluding diaryl/α,β-unsaturated/α-hetero) is 1. The number of hydrogen-bond donors (Lipinski definition) is 0. The Morgan fingerprint density at radius 1 is 1.24 bits per heavy atom. The van der Waals surface area contributed by atoms with E-state index in [-0.39, 0.29) is 0 Å². The zero-order valence-electron chi connectivity index (χ0n) is 10.0. The average molecular weight is 236 g/mol. The molecule has 92 valence electrons. The topological polar surface area (TPSA) is 52.6 Å². The number of hydrogen-bond acceptors (Lipinski definition) is 4. The molecular weight excluding hydrogens is 220 g/mol. The maximum Gasteiger partial charge on any atom is 0.377 e. The summed E-state index contributed by atoms with van der Waals surface area (Å²) < 4.78 is 9.79. The van der Waals surface area contributed by atoms with Crippen molar-refractivity contribution in [2.24, 2.45) is 0 Å². The molecule has 1 aromatic carbocycles. The van der Waals surface area contributed by atoms with Crippen molar-refractivity contribution in [2.75, 3.05) is 7.11 Å². The van der Waals surface area contributed by atoms with E-state index in [9.17, 15) is 9.59 Å². The van der Waals surface area contributed by atoms with Crippen LogP contribution < -0.4 is 0 Å². The lowest BCUT2D eigenvalue weighted by molar-refractivity contribution is -0.157. The lowest BCUT2D eigenvalue weighted by Crippen LogP contribution is -2.31. The highest BCUT2D eigenvalue weighted by Gasteiger charge is 2.25. The van der Waals surface area contributed by atoms with Gasteiger partial charge < -0.3 is 9.47 Å². The third kappa shape index (κ3) is 4.00. The van der Waals surface area contributed by atoms with Crippen molar-refractivity contribution >= 4 is 11.8 Å². The predicted octanol–water partition coefficient (Wildman–Crippen LogP) is 1.72. The van der Waals surface area contributed by atoms with Gasteiger partial charge in [-0.25, -0.2) is 4.79 Å². The van der Waals surface area contributed by atoms with E-state index in [0.717, 1.165) is 5.56 Å². The van der Waals surface area contributed by atoms with E-state index in [4.69, 9.17) is 4.74 Å². The summed E-state index contributed by atoms with van der Waals surface area (Å²) >= 11 is 0. The standard InChI is InChI=1S/C13H16O4/c1-3-11(12(14)13(15)16-2)17-9-10-7-5-4-6-8-10/h4-8,11H,3,9H2,1-2H3/t11-/m0/s1. The Morgan fingerprint density at radius 2 is 1.88 bits per heavy atom. The normalized spacial score (nSPS) is 11.9. The van der Waals surface area contributed by atoms with Gasteiger partial charge in [-0.2, -0.15) is 0 Å². The number of carbonyl (C=O) groups excluding carboxylic acids is 2. The van der Waals surface area contributed by atoms with Crippen molar-refractivity contribution < 1.29 is 19.1 Å². The minimum absolute atomic E-state index is 0.308. The number of ether oxygens (including phenoxy) is 2. The Labute approximate surface area is 101 Å². The third-order valence-corrected chi connectivity index (χ3v) is 2.34. The summed E-state index contributed by atoms with van der Waals surface area (Å²) in [6.45, 7) is 2.10. The average Bonchev–Trinajstić information content (AvgIpc) is 2.39. The first-order valence-electron chi connectivity index (χ1n) is 5.46. The molecule has 0 N–H and O–H groups in total. The molecular formula is C13H16O4. The molecule has 0 heterocycles. The van der Waals surface area contributed by atoms with Gasteiger partial charge >= 0.3 is 5.97 Å². The third-order valence-electron chi connectivity index (χ3n) is 2.34. The summed E-state index contributed by atoms with van der Waals surface area (Å²) in [6.07, 6.45) is -0.288. The van der Waals surface area contributed by atoms with Crippen LogP contribution in [0.3, 0.4) is 0 Å². The summed E-state index contributed by atoms with van der Waals surface area (Å²) in [4.78, 5) is 22.6. The molecule has 0 aliphatic rings. The van der Waals surface area contributed by atoms with Crippen LogP contribution in [0.2, 0.25) is 0 Å². The summed E-state index contributed by atoms with van der Waals surface area (Å²) in [5.41, 5.74) is 0.962. The van der Waals surface area contributed by atoms with Gasteiger partial charge in [-0.05, 0) is 12.0 Å². The van der Waals surface area contributed by atoms with Crippen molar-refractivity contribution in [3.63, 3.8) is 0 Å². The smallest absolute Gasteiger partial charge is 0.377 e. The SMILES string of the molecule is CC[C@H](OCc1ccccc1)C(=O)C(=O)OC. The second-order valence-electron chi connectivity index (χ2n) is 3.55. The van der Waals surface area contributed by atoms with Crippen LogP contribution in [0.15, 0.2) is 30.3 Å². The molecule has 0 radical (unpaired) electrons. The Bertz CT molecular complexity index is 372. The first-order valence-corrected chi connectivity index (χ1v) is 5.46. The zero-order chi connectivity index (χ0) is 12.7. The van der Waals surface area contributed by atoms with Crippen LogP contribution in [0.25, 0.3) is 0 Å². The maximum absolute atomic E-state index is 11.5. The van der Waals surface area contributed by atoms with Crippen molar-refractivity contribution in [3.8, 4) is 0 Å². The fourth-order valence-electron chi connectivity index (χ4n) is 1.38. The molecule has 0 saturated heterocycles. The zero-order valence-corrected chi connectivity index (χ0v) is 10.0. The quantitative estimate of drug-likeness (QED) is 0.557. The highest BCUT2D eigenvalue weighted by atomic mass is 16.5. The van der Waals surface area contributed by atoms with Crippen LogP contribution in [-0.4, -0.2) is 25.0 Å². The van der Waals surface area contributed by atoms with Crippen LogP contribution in [0.5, 0.6) is 0 Å². The molecule has 0 bridgehead atoms. The van der Waals surface area contributed by atoms with Gasteiger partial charge in [0.2, 0.25) is 0 Å². The van der Waals surface area contributed by atoms with Crippen molar-refractivity contribution in [1.29, 1.82) is 0 Å². The molecule has 1 rings (SSSR count). The number of methoxy groups -OCH3 is 1. The molecule has 1 atom stereocenters. The van der Waals surface area contributed by atoms with Crippen LogP contribution in [0.4, 0.5) is 0 Å². The molecule has 0 spiro atoms. The molecule has 0 saturated carbocycles. The highest BCUT2D eigenvalue weighted by molar-refractivity contribution is 6.35. The fraction of sp³-hybridized carbons (Fsp3) is 0.385. The minimum Gasteiger partial charge on any atom is -0.463 e. The maximum atomic E-state index is 11.5. The van der Waals surface area contributed by atoms with Gasteiger partial charge in [0.15, 0.2) is 0 Å². The van der Waals surface area contributed by atoms with Gasteiger partial charge in [-0.15, -0.1) is 0 Å². The monoisotopic (exact) mass is 236 g/mol. The van der Waals surface area contributed by atoms with Crippen molar-refractivity contribution in [3.05, 3.63) is 35.9 Å². The summed E-state index contributed by atoms with van der Waals surface area (Å²) in [6, 6.07) is 9.48. The first kappa shape index (κ1) is 13.4. The van der Waals surface area contributed by atoms with E-state index in [1.54, 1.807) is 6.92 Å². The van der Waals surface area contributed by atoms with Crippen LogP contribution >= 0.6 is 0 Å². The van der Waals surface area contributed by atoms with Crippen molar-refractivity contribution in [2.45, 2.75) is 26.1 Å². The first-order chi connectivity index (χ1) is 8.19. The van der Waals surface area contributed by atoms with Gasteiger partial charge in [0, 0.05) is 0 Å². The summed E-state index contributed by atoms with van der Waals surface area (Å²) in [7, 11) is 1.18. The molecule has 1 aromatic rings. The number of benzene rings is 1. The van der Waals surface area contributed by atoms with Gasteiger partial charge in [-0.1, -0.05) is 37.3 Å². The second-order valence-corrected chi connectivity index (χ2v) is 3.55. The van der Waals surface area contributed by atoms with E-state index in [2.05, 4.69) is 4.74 Å². The lowest BCUT2D eigenvalue weighted by atomic mass is 10.2. The van der Waals surface area contributed by atoms with E-state index in [1.165, 1.54) is 7.11 Å². The molecule has 0 aliphatic carbocycles.